The number of carbonyl (C=O) groups excluding carboxylic acids is 2. The van der Waals surface area contributed by atoms with E-state index in [1.54, 1.807) is 23.9 Å². The molecule has 0 saturated heterocycles. The van der Waals surface area contributed by atoms with E-state index in [1.165, 1.54) is 0 Å². The molecule has 0 aliphatic carbocycles. The molecule has 102 valence electrons. The van der Waals surface area contributed by atoms with E-state index in [-0.39, 0.29) is 0 Å². The van der Waals surface area contributed by atoms with Gasteiger partial charge < -0.3 is 10.2 Å². The predicted octanol–water partition coefficient (Wildman–Crippen LogP) is 2.66. The quantitative estimate of drug-likeness (QED) is 0.868. The minimum absolute atomic E-state index is 0.304. The van der Waals surface area contributed by atoms with E-state index in [2.05, 4.69) is 12.2 Å². The summed E-state index contributed by atoms with van der Waals surface area (Å²) in [4.78, 5) is 25.0. The van der Waals surface area contributed by atoms with E-state index < -0.39 is 11.7 Å². The highest BCUT2D eigenvalue weighted by molar-refractivity contribution is 7.98. The first-order valence-electron chi connectivity index (χ1n) is 5.86. The lowest BCUT2D eigenvalue weighted by Gasteiger charge is -2.27. The van der Waals surface area contributed by atoms with Crippen LogP contribution in [0, 0.1) is 0 Å². The molecule has 0 spiro atoms. The number of halogens is 1. The van der Waals surface area contributed by atoms with Crippen molar-refractivity contribution in [2.75, 3.05) is 29.3 Å². The minimum atomic E-state index is -0.594. The van der Waals surface area contributed by atoms with Crippen LogP contribution in [0.3, 0.4) is 0 Å². The molecule has 1 aromatic rings. The topological polar surface area (TPSA) is 49.4 Å². The van der Waals surface area contributed by atoms with Gasteiger partial charge in [-0.05, 0) is 25.3 Å². The summed E-state index contributed by atoms with van der Waals surface area (Å²) in [6, 6.07) is 3.63. The molecule has 1 aromatic carbocycles. The molecule has 1 N–H and O–H groups in total. The Morgan fingerprint density at radius 2 is 2.11 bits per heavy atom. The van der Waals surface area contributed by atoms with Crippen molar-refractivity contribution < 1.29 is 9.59 Å². The third-order valence-electron chi connectivity index (χ3n) is 3.24. The van der Waals surface area contributed by atoms with Crippen molar-refractivity contribution in [2.45, 2.75) is 13.0 Å². The third kappa shape index (κ3) is 2.58. The first-order chi connectivity index (χ1) is 8.95. The molecule has 1 atom stereocenters. The highest BCUT2D eigenvalue weighted by Gasteiger charge is 2.29. The number of anilines is 2. The molecular formula is C13H15ClN2O2S. The lowest BCUT2D eigenvalue weighted by atomic mass is 10.1. The van der Waals surface area contributed by atoms with Gasteiger partial charge >= 0.3 is 0 Å². The zero-order chi connectivity index (χ0) is 14.2. The Morgan fingerprint density at radius 3 is 2.74 bits per heavy atom. The van der Waals surface area contributed by atoms with Gasteiger partial charge in [0.2, 0.25) is 0 Å². The number of amides is 1. The van der Waals surface area contributed by atoms with Crippen molar-refractivity contribution in [2.24, 2.45) is 0 Å². The number of fused-ring (bicyclic) bond motifs is 1. The lowest BCUT2D eigenvalue weighted by molar-refractivity contribution is -0.112. The summed E-state index contributed by atoms with van der Waals surface area (Å²) in [6.07, 6.45) is 2.05. The Balaban J connectivity index is 2.37. The Bertz CT molecular complexity index is 548. The second-order valence-corrected chi connectivity index (χ2v) is 5.87. The fraction of sp³-hybridized carbons (Fsp3) is 0.385. The van der Waals surface area contributed by atoms with Crippen LogP contribution in [0.5, 0.6) is 0 Å². The molecular weight excluding hydrogens is 284 g/mol. The fourth-order valence-corrected chi connectivity index (χ4v) is 3.02. The maximum atomic E-state index is 11.6. The average Bonchev–Trinajstić information content (AvgIpc) is 2.64. The molecule has 1 amide bonds. The molecule has 4 nitrogen and oxygen atoms in total. The van der Waals surface area contributed by atoms with Gasteiger partial charge in [0.25, 0.3) is 11.7 Å². The summed E-state index contributed by atoms with van der Waals surface area (Å²) >= 11 is 7.98. The van der Waals surface area contributed by atoms with Crippen LogP contribution in [0.2, 0.25) is 5.02 Å². The summed E-state index contributed by atoms with van der Waals surface area (Å²) in [6.45, 7) is 2.10. The normalized spacial score (nSPS) is 15.2. The number of nitrogens with zero attached hydrogens (tertiary/aromatic N) is 1. The van der Waals surface area contributed by atoms with Gasteiger partial charge in [-0.2, -0.15) is 11.8 Å². The molecule has 0 fully saturated rings. The highest BCUT2D eigenvalue weighted by Crippen LogP contribution is 2.35. The number of thioether (sulfide) groups is 1. The van der Waals surface area contributed by atoms with E-state index >= 15 is 0 Å². The van der Waals surface area contributed by atoms with Crippen molar-refractivity contribution in [3.05, 3.63) is 22.7 Å². The van der Waals surface area contributed by atoms with E-state index in [4.69, 9.17) is 11.6 Å². The fourth-order valence-electron chi connectivity index (χ4n) is 2.02. The Hall–Kier alpha value is -1.20. The average molecular weight is 299 g/mol. The number of Topliss-reactive ketones (excluding diaryl/α,β-unsaturated/α-hetero) is 1. The van der Waals surface area contributed by atoms with Gasteiger partial charge in [-0.1, -0.05) is 11.6 Å². The molecule has 6 heteroatoms. The number of benzene rings is 1. The first-order valence-corrected chi connectivity index (χ1v) is 7.64. The summed E-state index contributed by atoms with van der Waals surface area (Å²) in [5.41, 5.74) is 1.71. The molecule has 0 aromatic heterocycles. The van der Waals surface area contributed by atoms with Crippen molar-refractivity contribution in [3.63, 3.8) is 0 Å². The van der Waals surface area contributed by atoms with Crippen LogP contribution < -0.4 is 10.2 Å². The van der Waals surface area contributed by atoms with E-state index in [9.17, 15) is 9.59 Å². The smallest absolute Gasteiger partial charge is 0.296 e. The number of ketones is 1. The summed E-state index contributed by atoms with van der Waals surface area (Å²) in [5.74, 6) is -0.152. The number of hydrogen-bond acceptors (Lipinski definition) is 4. The Morgan fingerprint density at radius 1 is 1.42 bits per heavy atom. The van der Waals surface area contributed by atoms with E-state index in [1.807, 2.05) is 18.2 Å². The highest BCUT2D eigenvalue weighted by atomic mass is 35.5. The van der Waals surface area contributed by atoms with Crippen LogP contribution in [0.15, 0.2) is 12.1 Å². The number of rotatable bonds is 4. The van der Waals surface area contributed by atoms with Crippen LogP contribution in [0.1, 0.15) is 17.3 Å². The maximum absolute atomic E-state index is 11.6. The van der Waals surface area contributed by atoms with Gasteiger partial charge in [0.15, 0.2) is 0 Å². The Kier molecular flexibility index (Phi) is 4.06. The maximum Gasteiger partial charge on any atom is 0.296 e. The molecule has 2 rings (SSSR count). The SMILES string of the molecule is CSCC(C)N(C)c1cc2c(cc1Cl)C(=O)C(=O)N2. The van der Waals surface area contributed by atoms with Crippen LogP contribution in [0.4, 0.5) is 11.4 Å². The van der Waals surface area contributed by atoms with Gasteiger partial charge in [-0.15, -0.1) is 0 Å². The summed E-state index contributed by atoms with van der Waals surface area (Å²) in [7, 11) is 1.95. The van der Waals surface area contributed by atoms with Gasteiger partial charge in [-0.3, -0.25) is 9.59 Å². The standard InChI is InChI=1S/C13H15ClN2O2S/c1-7(6-19-3)16(2)11-5-10-8(4-9(11)14)12(17)13(18)15-10/h4-5,7H,6H2,1-3H3,(H,15,17,18). The van der Waals surface area contributed by atoms with Crippen LogP contribution in [0.25, 0.3) is 0 Å². The van der Waals surface area contributed by atoms with Crippen LogP contribution in [-0.2, 0) is 4.79 Å². The summed E-state index contributed by atoms with van der Waals surface area (Å²) < 4.78 is 0. The molecule has 0 bridgehead atoms. The number of nitrogens with one attached hydrogen (secondary N) is 1. The van der Waals surface area contributed by atoms with Gasteiger partial charge in [-0.25, -0.2) is 0 Å². The molecule has 0 saturated carbocycles. The van der Waals surface area contributed by atoms with Gasteiger partial charge in [0.1, 0.15) is 0 Å². The minimum Gasteiger partial charge on any atom is -0.370 e. The Labute approximate surface area is 121 Å². The third-order valence-corrected chi connectivity index (χ3v) is 4.35. The van der Waals surface area contributed by atoms with Crippen molar-refractivity contribution in [1.82, 2.24) is 0 Å². The predicted molar refractivity (Wildman–Crippen MR) is 80.7 cm³/mol. The number of carbonyl (C=O) groups is 2. The van der Waals surface area contributed by atoms with Crippen molar-refractivity contribution >= 4 is 46.4 Å². The van der Waals surface area contributed by atoms with Crippen molar-refractivity contribution in [1.29, 1.82) is 0 Å². The molecule has 1 unspecified atom stereocenters. The van der Waals surface area contributed by atoms with Crippen LogP contribution >= 0.6 is 23.4 Å². The first kappa shape index (κ1) is 14.2. The molecule has 19 heavy (non-hydrogen) atoms. The second-order valence-electron chi connectivity index (χ2n) is 4.55. The number of hydrogen-bond donors (Lipinski definition) is 1. The molecule has 1 heterocycles. The zero-order valence-corrected chi connectivity index (χ0v) is 12.6. The second kappa shape index (κ2) is 5.43. The van der Waals surface area contributed by atoms with Crippen molar-refractivity contribution in [3.8, 4) is 0 Å². The summed E-state index contributed by atoms with van der Waals surface area (Å²) in [5, 5.41) is 3.05. The largest absolute Gasteiger partial charge is 0.370 e. The molecule has 1 aliphatic rings. The lowest BCUT2D eigenvalue weighted by Crippen LogP contribution is -2.31. The zero-order valence-electron chi connectivity index (χ0n) is 11.0. The van der Waals surface area contributed by atoms with Gasteiger partial charge in [0.05, 0.1) is 22.0 Å². The molecule has 0 radical (unpaired) electrons. The molecule has 1 aliphatic heterocycles. The van der Waals surface area contributed by atoms with Gasteiger partial charge in [0, 0.05) is 18.8 Å². The van der Waals surface area contributed by atoms with Crippen LogP contribution in [-0.4, -0.2) is 36.8 Å². The van der Waals surface area contributed by atoms with E-state index in [0.29, 0.717) is 22.3 Å². The monoisotopic (exact) mass is 298 g/mol. The van der Waals surface area contributed by atoms with E-state index in [0.717, 1.165) is 11.4 Å².